The summed E-state index contributed by atoms with van der Waals surface area (Å²) in [5, 5.41) is 0.347. The van der Waals surface area contributed by atoms with E-state index in [0.29, 0.717) is 23.7 Å². The van der Waals surface area contributed by atoms with Crippen LogP contribution in [-0.4, -0.2) is 32.6 Å². The van der Waals surface area contributed by atoms with Crippen LogP contribution in [0, 0.1) is 0 Å². The number of guanidine groups is 1. The number of halogens is 1. The van der Waals surface area contributed by atoms with E-state index in [1.54, 1.807) is 29.3 Å². The summed E-state index contributed by atoms with van der Waals surface area (Å²) < 4.78 is 0. The highest BCUT2D eigenvalue weighted by Crippen LogP contribution is 2.40. The molecule has 0 radical (unpaired) electrons. The van der Waals surface area contributed by atoms with Crippen molar-refractivity contribution in [1.82, 2.24) is 14.8 Å². The standard InChI is InChI=1S/C30H24ClN5O2/c31-25-14-13-20(16-24(25)27(37)35-18-21-8-7-15-33-26(21)19-35)17-36-28(38)30(34-29(36)32,22-9-3-1-4-10-22)23-11-5-2-6-12-23/h1-16H,17-19H2,(H2,32,34). The van der Waals surface area contributed by atoms with Crippen LogP contribution in [0.3, 0.4) is 0 Å². The van der Waals surface area contributed by atoms with Gasteiger partial charge < -0.3 is 10.6 Å². The molecule has 0 saturated heterocycles. The fourth-order valence-corrected chi connectivity index (χ4v) is 5.36. The maximum atomic E-state index is 14.1. The molecule has 1 aromatic heterocycles. The summed E-state index contributed by atoms with van der Waals surface area (Å²) in [6.07, 6.45) is 1.73. The van der Waals surface area contributed by atoms with Crippen molar-refractivity contribution in [1.29, 1.82) is 0 Å². The highest BCUT2D eigenvalue weighted by atomic mass is 35.5. The average molecular weight is 522 g/mol. The number of hydrogen-bond donors (Lipinski definition) is 1. The average Bonchev–Trinajstić information content (AvgIpc) is 3.50. The van der Waals surface area contributed by atoms with Crippen molar-refractivity contribution in [3.8, 4) is 0 Å². The second kappa shape index (κ2) is 9.43. The molecule has 0 fully saturated rings. The lowest BCUT2D eigenvalue weighted by Crippen LogP contribution is -2.43. The Morgan fingerprint density at radius 1 is 0.921 bits per heavy atom. The van der Waals surface area contributed by atoms with Crippen LogP contribution in [0.4, 0.5) is 0 Å². The minimum Gasteiger partial charge on any atom is -0.369 e. The Morgan fingerprint density at radius 2 is 1.61 bits per heavy atom. The van der Waals surface area contributed by atoms with Gasteiger partial charge in [-0.15, -0.1) is 0 Å². The summed E-state index contributed by atoms with van der Waals surface area (Å²) in [6, 6.07) is 27.9. The van der Waals surface area contributed by atoms with Crippen molar-refractivity contribution in [2.75, 3.05) is 0 Å². The van der Waals surface area contributed by atoms with Crippen molar-refractivity contribution in [2.45, 2.75) is 25.2 Å². The Labute approximate surface area is 225 Å². The Kier molecular flexibility index (Phi) is 5.93. The minimum atomic E-state index is -1.29. The molecule has 6 rings (SSSR count). The quantitative estimate of drug-likeness (QED) is 0.419. The molecule has 0 atom stereocenters. The largest absolute Gasteiger partial charge is 0.369 e. The molecular weight excluding hydrogens is 498 g/mol. The molecule has 4 aromatic rings. The number of aliphatic imine (C=N–C) groups is 1. The third-order valence-corrected chi connectivity index (χ3v) is 7.40. The number of carbonyl (C=O) groups is 2. The van der Waals surface area contributed by atoms with E-state index in [-0.39, 0.29) is 24.3 Å². The fourth-order valence-electron chi connectivity index (χ4n) is 5.16. The molecule has 0 saturated carbocycles. The number of aromatic nitrogens is 1. The predicted molar refractivity (Wildman–Crippen MR) is 145 cm³/mol. The van der Waals surface area contributed by atoms with Gasteiger partial charge >= 0.3 is 0 Å². The number of rotatable bonds is 5. The second-order valence-corrected chi connectivity index (χ2v) is 9.80. The summed E-state index contributed by atoms with van der Waals surface area (Å²) in [5.41, 5.74) is 9.57. The highest BCUT2D eigenvalue weighted by molar-refractivity contribution is 6.33. The van der Waals surface area contributed by atoms with Gasteiger partial charge in [-0.3, -0.25) is 19.5 Å². The number of hydrogen-bond acceptors (Lipinski definition) is 5. The van der Waals surface area contributed by atoms with Crippen LogP contribution in [0.1, 0.15) is 38.3 Å². The van der Waals surface area contributed by atoms with Gasteiger partial charge in [0.05, 0.1) is 29.4 Å². The number of nitrogens with zero attached hydrogens (tertiary/aromatic N) is 4. The van der Waals surface area contributed by atoms with E-state index in [0.717, 1.165) is 27.9 Å². The van der Waals surface area contributed by atoms with Crippen molar-refractivity contribution >= 4 is 29.4 Å². The van der Waals surface area contributed by atoms with Crippen LogP contribution in [0.5, 0.6) is 0 Å². The maximum Gasteiger partial charge on any atom is 0.266 e. The van der Waals surface area contributed by atoms with Gasteiger partial charge in [0.25, 0.3) is 11.8 Å². The van der Waals surface area contributed by atoms with Gasteiger partial charge in [0.2, 0.25) is 0 Å². The number of fused-ring (bicyclic) bond motifs is 1. The van der Waals surface area contributed by atoms with Crippen LogP contribution in [0.15, 0.2) is 102 Å². The first-order chi connectivity index (χ1) is 18.5. The minimum absolute atomic E-state index is 0.117. The van der Waals surface area contributed by atoms with Gasteiger partial charge in [-0.2, -0.15) is 0 Å². The third kappa shape index (κ3) is 3.92. The molecule has 0 bridgehead atoms. The van der Waals surface area contributed by atoms with E-state index in [4.69, 9.17) is 22.3 Å². The van der Waals surface area contributed by atoms with Gasteiger partial charge in [-0.05, 0) is 40.5 Å². The maximum absolute atomic E-state index is 14.1. The molecule has 3 heterocycles. The molecule has 2 amide bonds. The molecule has 2 aliphatic rings. The first kappa shape index (κ1) is 23.9. The molecule has 0 unspecified atom stereocenters. The van der Waals surface area contributed by atoms with Gasteiger partial charge in [0.15, 0.2) is 11.5 Å². The molecule has 38 heavy (non-hydrogen) atoms. The Balaban J connectivity index is 1.31. The smallest absolute Gasteiger partial charge is 0.266 e. The van der Waals surface area contributed by atoms with Gasteiger partial charge in [-0.25, -0.2) is 4.99 Å². The molecule has 0 aliphatic carbocycles. The Bertz CT molecular complexity index is 1510. The summed E-state index contributed by atoms with van der Waals surface area (Å²) in [5.74, 6) is -0.324. The van der Waals surface area contributed by atoms with Crippen LogP contribution in [0.25, 0.3) is 0 Å². The molecule has 7 nitrogen and oxygen atoms in total. The summed E-state index contributed by atoms with van der Waals surface area (Å²) in [7, 11) is 0. The highest BCUT2D eigenvalue weighted by Gasteiger charge is 2.50. The van der Waals surface area contributed by atoms with E-state index in [1.807, 2.05) is 72.8 Å². The zero-order valence-corrected chi connectivity index (χ0v) is 21.2. The van der Waals surface area contributed by atoms with Crippen molar-refractivity contribution in [3.63, 3.8) is 0 Å². The second-order valence-electron chi connectivity index (χ2n) is 9.39. The Morgan fingerprint density at radius 3 is 2.26 bits per heavy atom. The van der Waals surface area contributed by atoms with Crippen molar-refractivity contribution < 1.29 is 9.59 Å². The van der Waals surface area contributed by atoms with Crippen molar-refractivity contribution in [3.05, 3.63) is 136 Å². The summed E-state index contributed by atoms with van der Waals surface area (Å²) >= 11 is 6.47. The van der Waals surface area contributed by atoms with E-state index in [9.17, 15) is 9.59 Å². The summed E-state index contributed by atoms with van der Waals surface area (Å²) in [4.78, 5) is 39.8. The lowest BCUT2D eigenvalue weighted by molar-refractivity contribution is -0.130. The molecule has 2 N–H and O–H groups in total. The zero-order valence-electron chi connectivity index (χ0n) is 20.4. The molecule has 0 spiro atoms. The SMILES string of the molecule is NC1=NC(c2ccccc2)(c2ccccc2)C(=O)N1Cc1ccc(Cl)c(C(=O)N2Cc3cccnc3C2)c1. The third-order valence-electron chi connectivity index (χ3n) is 7.07. The number of benzene rings is 3. The number of pyridine rings is 1. The van der Waals surface area contributed by atoms with E-state index in [1.165, 1.54) is 4.90 Å². The molecule has 188 valence electrons. The van der Waals surface area contributed by atoms with E-state index in [2.05, 4.69) is 4.98 Å². The van der Waals surface area contributed by atoms with Gasteiger partial charge in [0, 0.05) is 12.7 Å². The molecular formula is C30H24ClN5O2. The molecule has 8 heteroatoms. The lowest BCUT2D eigenvalue weighted by Gasteiger charge is -2.27. The first-order valence-corrected chi connectivity index (χ1v) is 12.6. The van der Waals surface area contributed by atoms with Crippen LogP contribution in [0.2, 0.25) is 5.02 Å². The fraction of sp³-hybridized carbons (Fsp3) is 0.133. The predicted octanol–water partition coefficient (Wildman–Crippen LogP) is 4.49. The number of nitrogens with two attached hydrogens (primary N) is 1. The van der Waals surface area contributed by atoms with Crippen LogP contribution in [-0.2, 0) is 30.0 Å². The van der Waals surface area contributed by atoms with E-state index < -0.39 is 5.54 Å². The van der Waals surface area contributed by atoms with Crippen LogP contribution < -0.4 is 5.73 Å². The van der Waals surface area contributed by atoms with Gasteiger partial charge in [0.1, 0.15) is 0 Å². The topological polar surface area (TPSA) is 91.9 Å². The Hall–Kier alpha value is -4.49. The number of amides is 2. The monoisotopic (exact) mass is 521 g/mol. The normalized spacial score (nSPS) is 15.9. The first-order valence-electron chi connectivity index (χ1n) is 12.3. The molecule has 3 aromatic carbocycles. The summed E-state index contributed by atoms with van der Waals surface area (Å²) in [6.45, 7) is 1.05. The lowest BCUT2D eigenvalue weighted by atomic mass is 9.83. The zero-order chi connectivity index (χ0) is 26.3. The van der Waals surface area contributed by atoms with Crippen molar-refractivity contribution in [2.24, 2.45) is 10.7 Å². The van der Waals surface area contributed by atoms with Gasteiger partial charge in [-0.1, -0.05) is 84.4 Å². The number of carbonyl (C=O) groups excluding carboxylic acids is 2. The van der Waals surface area contributed by atoms with E-state index >= 15 is 0 Å². The van der Waals surface area contributed by atoms with Crippen LogP contribution >= 0.6 is 11.6 Å². The molecule has 2 aliphatic heterocycles.